The van der Waals surface area contributed by atoms with Crippen LogP contribution in [0.1, 0.15) is 39.5 Å². The molecule has 2 nitrogen and oxygen atoms in total. The van der Waals surface area contributed by atoms with Crippen LogP contribution in [0.4, 0.5) is 0 Å². The fraction of sp³-hybridized carbons (Fsp3) is 0.909. The van der Waals surface area contributed by atoms with E-state index in [9.17, 15) is 4.79 Å². The van der Waals surface area contributed by atoms with E-state index in [1.807, 2.05) is 6.92 Å². The van der Waals surface area contributed by atoms with Gasteiger partial charge in [0, 0.05) is 6.42 Å². The average Bonchev–Trinajstić information content (AvgIpc) is 2.64. The van der Waals surface area contributed by atoms with Crippen molar-refractivity contribution in [1.82, 2.24) is 0 Å². The van der Waals surface area contributed by atoms with E-state index in [0.717, 1.165) is 5.92 Å². The maximum absolute atomic E-state index is 11.3. The molecule has 2 fully saturated rings. The maximum Gasteiger partial charge on any atom is 0.306 e. The van der Waals surface area contributed by atoms with Gasteiger partial charge in [-0.1, -0.05) is 6.92 Å². The summed E-state index contributed by atoms with van der Waals surface area (Å²) in [5.41, 5.74) is 0.507. The minimum Gasteiger partial charge on any atom is -0.466 e. The van der Waals surface area contributed by atoms with Gasteiger partial charge in [-0.05, 0) is 43.4 Å². The first-order chi connectivity index (χ1) is 6.16. The summed E-state index contributed by atoms with van der Waals surface area (Å²) in [7, 11) is 0. The van der Waals surface area contributed by atoms with Gasteiger partial charge in [-0.3, -0.25) is 4.79 Å². The summed E-state index contributed by atoms with van der Waals surface area (Å²) in [4.78, 5) is 11.3. The molecule has 0 bridgehead atoms. The lowest BCUT2D eigenvalue weighted by Crippen LogP contribution is -2.16. The van der Waals surface area contributed by atoms with Crippen LogP contribution in [0.5, 0.6) is 0 Å². The number of ether oxygens (including phenoxy) is 1. The summed E-state index contributed by atoms with van der Waals surface area (Å²) >= 11 is 0. The van der Waals surface area contributed by atoms with E-state index in [1.54, 1.807) is 0 Å². The first kappa shape index (κ1) is 9.04. The number of carbonyl (C=O) groups excluding carboxylic acids is 1. The van der Waals surface area contributed by atoms with Crippen LogP contribution in [0, 0.1) is 17.3 Å². The Morgan fingerprint density at radius 2 is 2.31 bits per heavy atom. The Kier molecular flexibility index (Phi) is 2.09. The lowest BCUT2D eigenvalue weighted by molar-refractivity contribution is -0.144. The third kappa shape index (κ3) is 1.47. The van der Waals surface area contributed by atoms with Crippen molar-refractivity contribution in [3.05, 3.63) is 0 Å². The minimum atomic E-state index is 0.00118. The van der Waals surface area contributed by atoms with Crippen LogP contribution in [0.25, 0.3) is 0 Å². The highest BCUT2D eigenvalue weighted by Crippen LogP contribution is 2.67. The first-order valence-electron chi connectivity index (χ1n) is 5.32. The lowest BCUT2D eigenvalue weighted by Gasteiger charge is -2.17. The standard InChI is InChI=1S/C11H18O2/c1-3-13-10(12)6-8-4-5-9-7-11(8,9)2/h8-9H,3-7H2,1-2H3. The van der Waals surface area contributed by atoms with E-state index in [0.29, 0.717) is 24.4 Å². The van der Waals surface area contributed by atoms with E-state index < -0.39 is 0 Å². The highest BCUT2D eigenvalue weighted by molar-refractivity contribution is 5.70. The molecular weight excluding hydrogens is 164 g/mol. The van der Waals surface area contributed by atoms with Crippen molar-refractivity contribution in [3.8, 4) is 0 Å². The summed E-state index contributed by atoms with van der Waals surface area (Å²) < 4.78 is 4.98. The minimum absolute atomic E-state index is 0.00118. The summed E-state index contributed by atoms with van der Waals surface area (Å²) in [6, 6.07) is 0. The van der Waals surface area contributed by atoms with Crippen molar-refractivity contribution in [1.29, 1.82) is 0 Å². The molecule has 74 valence electrons. The Morgan fingerprint density at radius 3 is 2.77 bits per heavy atom. The molecule has 2 aliphatic rings. The number of rotatable bonds is 3. The highest BCUT2D eigenvalue weighted by atomic mass is 16.5. The van der Waals surface area contributed by atoms with Gasteiger partial charge in [0.15, 0.2) is 0 Å². The monoisotopic (exact) mass is 182 g/mol. The van der Waals surface area contributed by atoms with Gasteiger partial charge in [0.25, 0.3) is 0 Å². The summed E-state index contributed by atoms with van der Waals surface area (Å²) in [5, 5.41) is 0. The van der Waals surface area contributed by atoms with Gasteiger partial charge in [-0.25, -0.2) is 0 Å². The molecule has 13 heavy (non-hydrogen) atoms. The van der Waals surface area contributed by atoms with Crippen molar-refractivity contribution < 1.29 is 9.53 Å². The van der Waals surface area contributed by atoms with Crippen LogP contribution in [0.15, 0.2) is 0 Å². The zero-order chi connectivity index (χ0) is 9.47. The van der Waals surface area contributed by atoms with Gasteiger partial charge in [0.2, 0.25) is 0 Å². The normalized spacial score (nSPS) is 41.4. The zero-order valence-electron chi connectivity index (χ0n) is 8.51. The third-order valence-electron chi connectivity index (χ3n) is 3.97. The number of hydrogen-bond donors (Lipinski definition) is 0. The van der Waals surface area contributed by atoms with Crippen molar-refractivity contribution in [2.24, 2.45) is 17.3 Å². The molecule has 0 aromatic carbocycles. The van der Waals surface area contributed by atoms with E-state index >= 15 is 0 Å². The zero-order valence-corrected chi connectivity index (χ0v) is 8.51. The molecule has 2 rings (SSSR count). The molecule has 0 aliphatic heterocycles. The molecule has 0 saturated heterocycles. The van der Waals surface area contributed by atoms with Crippen molar-refractivity contribution in [2.45, 2.75) is 39.5 Å². The quantitative estimate of drug-likeness (QED) is 0.626. The molecule has 3 atom stereocenters. The SMILES string of the molecule is CCOC(=O)CC1CCC2CC12C. The second kappa shape index (κ2) is 3.00. The van der Waals surface area contributed by atoms with E-state index in [2.05, 4.69) is 6.92 Å². The first-order valence-corrected chi connectivity index (χ1v) is 5.32. The Labute approximate surface area is 79.7 Å². The van der Waals surface area contributed by atoms with Crippen LogP contribution in [-0.4, -0.2) is 12.6 Å². The molecule has 2 saturated carbocycles. The predicted molar refractivity (Wildman–Crippen MR) is 50.2 cm³/mol. The number of carbonyl (C=O) groups is 1. The molecule has 2 aliphatic carbocycles. The van der Waals surface area contributed by atoms with Gasteiger partial charge in [-0.2, -0.15) is 0 Å². The molecule has 2 heteroatoms. The van der Waals surface area contributed by atoms with Crippen LogP contribution < -0.4 is 0 Å². The molecule has 0 aromatic rings. The molecule has 0 amide bonds. The van der Waals surface area contributed by atoms with Crippen LogP contribution in [0.3, 0.4) is 0 Å². The number of esters is 1. The van der Waals surface area contributed by atoms with Crippen LogP contribution in [-0.2, 0) is 9.53 Å². The summed E-state index contributed by atoms with van der Waals surface area (Å²) in [6.07, 6.45) is 4.57. The molecule has 3 unspecified atom stereocenters. The largest absolute Gasteiger partial charge is 0.466 e. The highest BCUT2D eigenvalue weighted by Gasteiger charge is 2.59. The molecule has 0 N–H and O–H groups in total. The average molecular weight is 182 g/mol. The Bertz CT molecular complexity index is 222. The van der Waals surface area contributed by atoms with Gasteiger partial charge < -0.3 is 4.74 Å². The topological polar surface area (TPSA) is 26.3 Å². The van der Waals surface area contributed by atoms with Crippen molar-refractivity contribution >= 4 is 5.97 Å². The molecular formula is C11H18O2. The van der Waals surface area contributed by atoms with Crippen LogP contribution in [0.2, 0.25) is 0 Å². The Hall–Kier alpha value is -0.530. The van der Waals surface area contributed by atoms with Gasteiger partial charge in [0.05, 0.1) is 6.61 Å². The van der Waals surface area contributed by atoms with Crippen molar-refractivity contribution in [3.63, 3.8) is 0 Å². The second-order valence-electron chi connectivity index (χ2n) is 4.69. The van der Waals surface area contributed by atoms with Gasteiger partial charge >= 0.3 is 5.97 Å². The molecule has 0 aromatic heterocycles. The fourth-order valence-electron chi connectivity index (χ4n) is 2.89. The van der Waals surface area contributed by atoms with Crippen LogP contribution >= 0.6 is 0 Å². The number of hydrogen-bond acceptors (Lipinski definition) is 2. The fourth-order valence-corrected chi connectivity index (χ4v) is 2.89. The maximum atomic E-state index is 11.3. The molecule has 0 radical (unpaired) electrons. The van der Waals surface area contributed by atoms with Crippen molar-refractivity contribution in [2.75, 3.05) is 6.61 Å². The van der Waals surface area contributed by atoms with Gasteiger partial charge in [-0.15, -0.1) is 0 Å². The van der Waals surface area contributed by atoms with E-state index in [1.165, 1.54) is 19.3 Å². The van der Waals surface area contributed by atoms with E-state index in [4.69, 9.17) is 4.74 Å². The summed E-state index contributed by atoms with van der Waals surface area (Å²) in [5.74, 6) is 1.53. The molecule has 0 spiro atoms. The summed E-state index contributed by atoms with van der Waals surface area (Å²) in [6.45, 7) is 4.72. The smallest absolute Gasteiger partial charge is 0.306 e. The second-order valence-corrected chi connectivity index (χ2v) is 4.69. The Balaban J connectivity index is 1.85. The lowest BCUT2D eigenvalue weighted by atomic mass is 9.89. The Morgan fingerprint density at radius 1 is 1.54 bits per heavy atom. The number of fused-ring (bicyclic) bond motifs is 1. The van der Waals surface area contributed by atoms with E-state index in [-0.39, 0.29) is 5.97 Å². The van der Waals surface area contributed by atoms with Gasteiger partial charge in [0.1, 0.15) is 0 Å². The predicted octanol–water partition coefficient (Wildman–Crippen LogP) is 2.38. The third-order valence-corrected chi connectivity index (χ3v) is 3.97. The molecule has 0 heterocycles.